The largest absolute Gasteiger partial charge is 0.292 e. The first-order valence-corrected chi connectivity index (χ1v) is 9.08. The zero-order valence-corrected chi connectivity index (χ0v) is 16.0. The molecule has 4 aromatic rings. The van der Waals surface area contributed by atoms with Crippen molar-refractivity contribution in [2.75, 3.05) is 0 Å². The number of aryl methyl sites for hydroxylation is 2. The number of hydrogen-bond acceptors (Lipinski definition) is 4. The van der Waals surface area contributed by atoms with Crippen LogP contribution < -0.4 is 5.56 Å². The van der Waals surface area contributed by atoms with E-state index in [1.165, 1.54) is 17.1 Å². The molecular formula is C22H20N4O2. The van der Waals surface area contributed by atoms with Gasteiger partial charge in [0.15, 0.2) is 11.4 Å². The zero-order chi connectivity index (χ0) is 19.8. The van der Waals surface area contributed by atoms with Gasteiger partial charge < -0.3 is 0 Å². The predicted octanol–water partition coefficient (Wildman–Crippen LogP) is 3.64. The van der Waals surface area contributed by atoms with Gasteiger partial charge in [-0.25, -0.2) is 9.67 Å². The summed E-state index contributed by atoms with van der Waals surface area (Å²) in [7, 11) is 0. The minimum atomic E-state index is -0.656. The fraction of sp³-hybridized carbons (Fsp3) is 0.182. The molecule has 0 spiro atoms. The lowest BCUT2D eigenvalue weighted by atomic mass is 10.1. The van der Waals surface area contributed by atoms with Gasteiger partial charge in [0.25, 0.3) is 5.56 Å². The summed E-state index contributed by atoms with van der Waals surface area (Å²) in [6, 6.07) is 14.4. The van der Waals surface area contributed by atoms with Gasteiger partial charge >= 0.3 is 0 Å². The number of nitrogens with zero attached hydrogens (tertiary/aromatic N) is 4. The Hall–Kier alpha value is -3.54. The van der Waals surface area contributed by atoms with Crippen molar-refractivity contribution in [2.24, 2.45) is 0 Å². The first kappa shape index (κ1) is 17.9. The predicted molar refractivity (Wildman–Crippen MR) is 108 cm³/mol. The first-order valence-electron chi connectivity index (χ1n) is 9.08. The van der Waals surface area contributed by atoms with Gasteiger partial charge in [-0.05, 0) is 44.0 Å². The highest BCUT2D eigenvalue weighted by Gasteiger charge is 2.20. The van der Waals surface area contributed by atoms with Gasteiger partial charge in [-0.15, -0.1) is 0 Å². The molecule has 4 rings (SSSR count). The number of fused-ring (bicyclic) bond motifs is 1. The minimum Gasteiger partial charge on any atom is -0.292 e. The van der Waals surface area contributed by atoms with E-state index < -0.39 is 6.04 Å². The highest BCUT2D eigenvalue weighted by atomic mass is 16.1. The third-order valence-corrected chi connectivity index (χ3v) is 4.82. The van der Waals surface area contributed by atoms with E-state index >= 15 is 0 Å². The average Bonchev–Trinajstić information content (AvgIpc) is 3.12. The monoisotopic (exact) mass is 372 g/mol. The average molecular weight is 372 g/mol. The summed E-state index contributed by atoms with van der Waals surface area (Å²) < 4.78 is 3.02. The van der Waals surface area contributed by atoms with Crippen LogP contribution in [0, 0.1) is 13.8 Å². The molecule has 28 heavy (non-hydrogen) atoms. The van der Waals surface area contributed by atoms with Crippen molar-refractivity contribution in [3.63, 3.8) is 0 Å². The fourth-order valence-corrected chi connectivity index (χ4v) is 3.43. The first-order chi connectivity index (χ1) is 13.5. The molecule has 0 amide bonds. The number of hydrogen-bond donors (Lipinski definition) is 0. The molecule has 2 heterocycles. The fourth-order valence-electron chi connectivity index (χ4n) is 3.43. The number of ketones is 1. The molecule has 6 heteroatoms. The summed E-state index contributed by atoms with van der Waals surface area (Å²) >= 11 is 0. The highest BCUT2D eigenvalue weighted by molar-refractivity contribution is 5.98. The normalized spacial score (nSPS) is 12.2. The van der Waals surface area contributed by atoms with E-state index in [0.29, 0.717) is 16.6 Å². The van der Waals surface area contributed by atoms with Crippen molar-refractivity contribution >= 4 is 16.8 Å². The lowest BCUT2D eigenvalue weighted by Crippen LogP contribution is -2.28. The second-order valence-corrected chi connectivity index (χ2v) is 7.00. The van der Waals surface area contributed by atoms with Crippen LogP contribution in [0.15, 0.2) is 65.8 Å². The Morgan fingerprint density at radius 3 is 2.39 bits per heavy atom. The Labute approximate surface area is 162 Å². The molecule has 0 bridgehead atoms. The van der Waals surface area contributed by atoms with Gasteiger partial charge in [-0.3, -0.25) is 14.2 Å². The maximum atomic E-state index is 13.0. The topological polar surface area (TPSA) is 69.8 Å². The smallest absolute Gasteiger partial charge is 0.265 e. The molecule has 1 atom stereocenters. The van der Waals surface area contributed by atoms with Crippen molar-refractivity contribution in [1.29, 1.82) is 0 Å². The molecule has 0 aliphatic heterocycles. The molecule has 0 aliphatic rings. The van der Waals surface area contributed by atoms with Crippen LogP contribution in [0.3, 0.4) is 0 Å². The van der Waals surface area contributed by atoms with Crippen LogP contribution in [-0.2, 0) is 0 Å². The number of rotatable bonds is 4. The Bertz CT molecular complexity index is 1220. The quantitative estimate of drug-likeness (QED) is 0.513. The van der Waals surface area contributed by atoms with E-state index in [1.807, 2.05) is 32.0 Å². The molecular weight excluding hydrogens is 352 g/mol. The third-order valence-electron chi connectivity index (χ3n) is 4.82. The number of carbonyl (C=O) groups is 1. The highest BCUT2D eigenvalue weighted by Crippen LogP contribution is 2.18. The lowest BCUT2D eigenvalue weighted by Gasteiger charge is -2.14. The van der Waals surface area contributed by atoms with E-state index in [2.05, 4.69) is 16.1 Å². The van der Waals surface area contributed by atoms with E-state index in [0.717, 1.165) is 16.8 Å². The van der Waals surface area contributed by atoms with Crippen LogP contribution in [-0.4, -0.2) is 25.1 Å². The summed E-state index contributed by atoms with van der Waals surface area (Å²) in [4.78, 5) is 30.2. The van der Waals surface area contributed by atoms with Crippen LogP contribution in [0.5, 0.6) is 0 Å². The summed E-state index contributed by atoms with van der Waals surface area (Å²) in [6.45, 7) is 5.73. The maximum Gasteiger partial charge on any atom is 0.265 e. The van der Waals surface area contributed by atoms with Gasteiger partial charge in [0.05, 0.1) is 17.9 Å². The van der Waals surface area contributed by atoms with Crippen molar-refractivity contribution in [3.8, 4) is 5.69 Å². The molecule has 0 aliphatic carbocycles. The number of aromatic nitrogens is 4. The van der Waals surface area contributed by atoms with Crippen LogP contribution >= 0.6 is 0 Å². The van der Waals surface area contributed by atoms with E-state index in [1.54, 1.807) is 35.9 Å². The van der Waals surface area contributed by atoms with Gasteiger partial charge in [-0.2, -0.15) is 5.10 Å². The third kappa shape index (κ3) is 3.03. The molecule has 0 N–H and O–H groups in total. The number of benzene rings is 2. The molecule has 0 fully saturated rings. The van der Waals surface area contributed by atoms with Crippen LogP contribution in [0.2, 0.25) is 0 Å². The SMILES string of the molecule is Cc1cc(C)cc(-n2ncc3c(=O)n(C(C)C(=O)c4ccccc4)cnc32)c1. The molecule has 1 unspecified atom stereocenters. The van der Waals surface area contributed by atoms with Gasteiger partial charge in [-0.1, -0.05) is 36.4 Å². The maximum absolute atomic E-state index is 13.0. The Kier molecular flexibility index (Phi) is 4.39. The van der Waals surface area contributed by atoms with Gasteiger partial charge in [0.2, 0.25) is 0 Å². The Morgan fingerprint density at radius 1 is 1.04 bits per heavy atom. The second kappa shape index (κ2) is 6.88. The van der Waals surface area contributed by atoms with Crippen LogP contribution in [0.1, 0.15) is 34.5 Å². The second-order valence-electron chi connectivity index (χ2n) is 7.00. The van der Waals surface area contributed by atoms with E-state index in [-0.39, 0.29) is 11.3 Å². The minimum absolute atomic E-state index is 0.134. The van der Waals surface area contributed by atoms with Crippen molar-refractivity contribution < 1.29 is 4.79 Å². The summed E-state index contributed by atoms with van der Waals surface area (Å²) in [5.41, 5.74) is 3.82. The van der Waals surface area contributed by atoms with Crippen LogP contribution in [0.4, 0.5) is 0 Å². The summed E-state index contributed by atoms with van der Waals surface area (Å²) in [5.74, 6) is -0.134. The van der Waals surface area contributed by atoms with Crippen LogP contribution in [0.25, 0.3) is 16.7 Å². The molecule has 2 aromatic heterocycles. The van der Waals surface area contributed by atoms with Crippen molar-refractivity contribution in [2.45, 2.75) is 26.8 Å². The van der Waals surface area contributed by atoms with Gasteiger partial charge in [0.1, 0.15) is 11.7 Å². The van der Waals surface area contributed by atoms with E-state index in [9.17, 15) is 9.59 Å². The van der Waals surface area contributed by atoms with Gasteiger partial charge in [0, 0.05) is 5.56 Å². The molecule has 140 valence electrons. The van der Waals surface area contributed by atoms with Crippen molar-refractivity contribution in [3.05, 3.63) is 88.1 Å². The molecule has 0 saturated carbocycles. The number of Topliss-reactive ketones (excluding diaryl/α,β-unsaturated/α-hetero) is 1. The molecule has 0 radical (unpaired) electrons. The van der Waals surface area contributed by atoms with E-state index in [4.69, 9.17) is 0 Å². The lowest BCUT2D eigenvalue weighted by molar-refractivity contribution is 0.0932. The summed E-state index contributed by atoms with van der Waals surface area (Å²) in [5, 5.41) is 4.75. The molecule has 2 aromatic carbocycles. The Balaban J connectivity index is 1.79. The zero-order valence-electron chi connectivity index (χ0n) is 16.0. The van der Waals surface area contributed by atoms with Crippen molar-refractivity contribution in [1.82, 2.24) is 19.3 Å². The number of carbonyl (C=O) groups excluding carboxylic acids is 1. The summed E-state index contributed by atoms with van der Waals surface area (Å²) in [6.07, 6.45) is 2.94. The standard InChI is InChI=1S/C22H20N4O2/c1-14-9-15(2)11-18(10-14)26-21-19(12-24-26)22(28)25(13-23-21)16(3)20(27)17-7-5-4-6-8-17/h4-13,16H,1-3H3. The Morgan fingerprint density at radius 2 is 1.71 bits per heavy atom. The molecule has 6 nitrogen and oxygen atoms in total. The molecule has 0 saturated heterocycles.